The van der Waals surface area contributed by atoms with Crippen molar-refractivity contribution in [3.05, 3.63) is 108 Å². The largest absolute Gasteiger partial charge is 0.370 e. The summed E-state index contributed by atoms with van der Waals surface area (Å²) in [6.45, 7) is 0.902. The molecular formula is C25H22N2. The van der Waals surface area contributed by atoms with Crippen LogP contribution in [-0.4, -0.2) is 12.0 Å². The van der Waals surface area contributed by atoms with Crippen molar-refractivity contribution in [2.24, 2.45) is 0 Å². The SMILES string of the molecule is CN(Cc1ccccc1)c1ccc(/C=C/c2ccnc3ccccc23)cc1. The van der Waals surface area contributed by atoms with Gasteiger partial charge in [0.1, 0.15) is 0 Å². The van der Waals surface area contributed by atoms with Crippen LogP contribution in [0.4, 0.5) is 5.69 Å². The standard InChI is InChI=1S/C25H22N2/c1-27(19-21-7-3-2-4-8-21)23-15-12-20(13-16-23)11-14-22-17-18-26-25-10-6-5-9-24(22)25/h2-18H,19H2,1H3/b14-11+. The van der Waals surface area contributed by atoms with Crippen LogP contribution < -0.4 is 4.90 Å². The van der Waals surface area contributed by atoms with Gasteiger partial charge in [0.15, 0.2) is 0 Å². The minimum Gasteiger partial charge on any atom is -0.370 e. The molecule has 1 aromatic heterocycles. The Labute approximate surface area is 160 Å². The number of pyridine rings is 1. The molecule has 0 N–H and O–H groups in total. The summed E-state index contributed by atoms with van der Waals surface area (Å²) in [6.07, 6.45) is 6.18. The van der Waals surface area contributed by atoms with Gasteiger partial charge >= 0.3 is 0 Å². The van der Waals surface area contributed by atoms with Crippen LogP contribution in [0.2, 0.25) is 0 Å². The summed E-state index contributed by atoms with van der Waals surface area (Å²) in [7, 11) is 2.13. The van der Waals surface area contributed by atoms with Crippen LogP contribution in [0.25, 0.3) is 23.1 Å². The molecule has 0 unspecified atom stereocenters. The predicted octanol–water partition coefficient (Wildman–Crippen LogP) is 6.04. The minimum absolute atomic E-state index is 0.902. The first kappa shape index (κ1) is 17.0. The Morgan fingerprint density at radius 1 is 0.778 bits per heavy atom. The molecule has 0 amide bonds. The molecule has 2 nitrogen and oxygen atoms in total. The van der Waals surface area contributed by atoms with Gasteiger partial charge in [-0.15, -0.1) is 0 Å². The maximum atomic E-state index is 4.42. The van der Waals surface area contributed by atoms with Gasteiger partial charge in [0.2, 0.25) is 0 Å². The molecule has 2 heteroatoms. The van der Waals surface area contributed by atoms with Gasteiger partial charge in [-0.3, -0.25) is 4.98 Å². The molecule has 0 atom stereocenters. The van der Waals surface area contributed by atoms with Crippen LogP contribution in [0.5, 0.6) is 0 Å². The van der Waals surface area contributed by atoms with Gasteiger partial charge in [0.05, 0.1) is 5.52 Å². The van der Waals surface area contributed by atoms with E-state index in [0.29, 0.717) is 0 Å². The lowest BCUT2D eigenvalue weighted by atomic mass is 10.1. The molecule has 4 rings (SSSR count). The molecule has 3 aromatic carbocycles. The molecule has 0 aliphatic heterocycles. The molecule has 0 spiro atoms. The number of benzene rings is 3. The van der Waals surface area contributed by atoms with E-state index in [9.17, 15) is 0 Å². The third-order valence-corrected chi connectivity index (χ3v) is 4.73. The third-order valence-electron chi connectivity index (χ3n) is 4.73. The van der Waals surface area contributed by atoms with Gasteiger partial charge in [-0.25, -0.2) is 0 Å². The minimum atomic E-state index is 0.902. The predicted molar refractivity (Wildman–Crippen MR) is 116 cm³/mol. The fraction of sp³-hybridized carbons (Fsp3) is 0.0800. The number of fused-ring (bicyclic) bond motifs is 1. The first-order valence-corrected chi connectivity index (χ1v) is 9.16. The topological polar surface area (TPSA) is 16.1 Å². The zero-order valence-corrected chi connectivity index (χ0v) is 15.4. The first-order valence-electron chi connectivity index (χ1n) is 9.16. The second-order valence-corrected chi connectivity index (χ2v) is 6.68. The van der Waals surface area contributed by atoms with Gasteiger partial charge in [-0.2, -0.15) is 0 Å². The molecule has 0 fully saturated rings. The maximum Gasteiger partial charge on any atom is 0.0707 e. The van der Waals surface area contributed by atoms with Crippen LogP contribution in [0.1, 0.15) is 16.7 Å². The molecule has 0 aliphatic rings. The third kappa shape index (κ3) is 4.06. The summed E-state index contributed by atoms with van der Waals surface area (Å²) in [4.78, 5) is 6.69. The summed E-state index contributed by atoms with van der Waals surface area (Å²) in [5, 5.41) is 1.18. The molecule has 0 radical (unpaired) electrons. The highest BCUT2D eigenvalue weighted by Crippen LogP contribution is 2.20. The van der Waals surface area contributed by atoms with E-state index in [4.69, 9.17) is 0 Å². The normalized spacial score (nSPS) is 11.1. The van der Waals surface area contributed by atoms with Crippen molar-refractivity contribution in [1.82, 2.24) is 4.98 Å². The number of hydrogen-bond acceptors (Lipinski definition) is 2. The van der Waals surface area contributed by atoms with E-state index in [0.717, 1.165) is 12.1 Å². The summed E-state index contributed by atoms with van der Waals surface area (Å²) in [5.41, 5.74) is 5.93. The second kappa shape index (κ2) is 7.88. The van der Waals surface area contributed by atoms with Crippen molar-refractivity contribution in [2.45, 2.75) is 6.54 Å². The van der Waals surface area contributed by atoms with Crippen LogP contribution in [0.15, 0.2) is 91.1 Å². The van der Waals surface area contributed by atoms with E-state index < -0.39 is 0 Å². The summed E-state index contributed by atoms with van der Waals surface area (Å²) in [6, 6.07) is 29.5. The monoisotopic (exact) mass is 350 g/mol. The summed E-state index contributed by atoms with van der Waals surface area (Å²) in [5.74, 6) is 0. The number of rotatable bonds is 5. The Hall–Kier alpha value is -3.39. The molecular weight excluding hydrogens is 328 g/mol. The number of nitrogens with zero attached hydrogens (tertiary/aromatic N) is 2. The molecule has 0 aliphatic carbocycles. The fourth-order valence-corrected chi connectivity index (χ4v) is 3.24. The van der Waals surface area contributed by atoms with E-state index in [2.05, 4.69) is 102 Å². The summed E-state index contributed by atoms with van der Waals surface area (Å²) >= 11 is 0. The van der Waals surface area contributed by atoms with Crippen molar-refractivity contribution < 1.29 is 0 Å². The second-order valence-electron chi connectivity index (χ2n) is 6.68. The summed E-state index contributed by atoms with van der Waals surface area (Å²) < 4.78 is 0. The van der Waals surface area contributed by atoms with E-state index in [1.54, 1.807) is 0 Å². The Morgan fingerprint density at radius 2 is 1.52 bits per heavy atom. The van der Waals surface area contributed by atoms with Gasteiger partial charge < -0.3 is 4.90 Å². The van der Waals surface area contributed by atoms with Crippen LogP contribution in [0.3, 0.4) is 0 Å². The molecule has 132 valence electrons. The number of para-hydroxylation sites is 1. The van der Waals surface area contributed by atoms with Crippen molar-refractivity contribution >= 4 is 28.7 Å². The van der Waals surface area contributed by atoms with E-state index >= 15 is 0 Å². The van der Waals surface area contributed by atoms with Crippen LogP contribution >= 0.6 is 0 Å². The molecule has 0 bridgehead atoms. The smallest absolute Gasteiger partial charge is 0.0707 e. The Morgan fingerprint density at radius 3 is 2.33 bits per heavy atom. The quantitative estimate of drug-likeness (QED) is 0.436. The van der Waals surface area contributed by atoms with Gasteiger partial charge in [-0.05, 0) is 41.0 Å². The number of aromatic nitrogens is 1. The van der Waals surface area contributed by atoms with Crippen molar-refractivity contribution in [1.29, 1.82) is 0 Å². The lowest BCUT2D eigenvalue weighted by Gasteiger charge is -2.19. The number of hydrogen-bond donors (Lipinski definition) is 0. The Balaban J connectivity index is 1.49. The maximum absolute atomic E-state index is 4.42. The average Bonchev–Trinajstić information content (AvgIpc) is 2.73. The highest BCUT2D eigenvalue weighted by atomic mass is 15.1. The average molecular weight is 350 g/mol. The lowest BCUT2D eigenvalue weighted by Crippen LogP contribution is -2.15. The molecule has 1 heterocycles. The van der Waals surface area contributed by atoms with Gasteiger partial charge in [-0.1, -0.05) is 72.8 Å². The van der Waals surface area contributed by atoms with Crippen LogP contribution in [-0.2, 0) is 6.54 Å². The van der Waals surface area contributed by atoms with Crippen LogP contribution in [0, 0.1) is 0 Å². The molecule has 4 aromatic rings. The van der Waals surface area contributed by atoms with E-state index in [1.165, 1.54) is 27.8 Å². The Kier molecular flexibility index (Phi) is 4.97. The van der Waals surface area contributed by atoms with Crippen molar-refractivity contribution in [2.75, 3.05) is 11.9 Å². The van der Waals surface area contributed by atoms with Crippen molar-refractivity contribution in [3.8, 4) is 0 Å². The number of anilines is 1. The van der Waals surface area contributed by atoms with Gasteiger partial charge in [0, 0.05) is 30.9 Å². The van der Waals surface area contributed by atoms with E-state index in [-0.39, 0.29) is 0 Å². The zero-order valence-electron chi connectivity index (χ0n) is 15.4. The highest BCUT2D eigenvalue weighted by molar-refractivity contribution is 5.90. The molecule has 0 saturated heterocycles. The van der Waals surface area contributed by atoms with E-state index in [1.807, 2.05) is 18.3 Å². The first-order chi connectivity index (χ1) is 13.3. The molecule has 27 heavy (non-hydrogen) atoms. The Bertz CT molecular complexity index is 1050. The van der Waals surface area contributed by atoms with Gasteiger partial charge in [0.25, 0.3) is 0 Å². The molecule has 0 saturated carbocycles. The highest BCUT2D eigenvalue weighted by Gasteiger charge is 2.02. The fourth-order valence-electron chi connectivity index (χ4n) is 3.24. The van der Waals surface area contributed by atoms with Crippen molar-refractivity contribution in [3.63, 3.8) is 0 Å². The zero-order chi connectivity index (χ0) is 18.5. The lowest BCUT2D eigenvalue weighted by molar-refractivity contribution is 0.923.